The van der Waals surface area contributed by atoms with Crippen molar-refractivity contribution in [1.29, 1.82) is 0 Å². The summed E-state index contributed by atoms with van der Waals surface area (Å²) in [6, 6.07) is 13.2. The fourth-order valence-electron chi connectivity index (χ4n) is 2.72. The van der Waals surface area contributed by atoms with Crippen LogP contribution in [-0.4, -0.2) is 30.1 Å². The molecule has 1 heterocycles. The fraction of sp³-hybridized carbons (Fsp3) is 0.176. The molecule has 7 nitrogen and oxygen atoms in total. The highest BCUT2D eigenvalue weighted by Gasteiger charge is 2.21. The molecule has 0 atom stereocenters. The number of para-hydroxylation sites is 1. The first kappa shape index (κ1) is 18.4. The van der Waals surface area contributed by atoms with Gasteiger partial charge in [-0.3, -0.25) is 0 Å². The molecule has 0 radical (unpaired) electrons. The van der Waals surface area contributed by atoms with E-state index < -0.39 is 19.9 Å². The Labute approximate surface area is 152 Å². The van der Waals surface area contributed by atoms with Crippen molar-refractivity contribution in [3.8, 4) is 0 Å². The Balaban J connectivity index is 2.01. The summed E-state index contributed by atoms with van der Waals surface area (Å²) < 4.78 is 53.1. The molecular formula is C17H18N2O5S2. The number of nitrogens with zero attached hydrogens (tertiary/aromatic N) is 1. The molecule has 0 unspecified atom stereocenters. The van der Waals surface area contributed by atoms with Crippen molar-refractivity contribution in [3.05, 3.63) is 54.3 Å². The summed E-state index contributed by atoms with van der Waals surface area (Å²) in [6.45, 7) is 0.311. The summed E-state index contributed by atoms with van der Waals surface area (Å²) in [6.07, 6.45) is 1.02. The van der Waals surface area contributed by atoms with Gasteiger partial charge in [0.05, 0.1) is 22.0 Å². The first-order chi connectivity index (χ1) is 12.1. The van der Waals surface area contributed by atoms with E-state index in [1.807, 2.05) is 30.3 Å². The highest BCUT2D eigenvalue weighted by atomic mass is 32.2. The number of furan rings is 1. The number of benzene rings is 2. The summed E-state index contributed by atoms with van der Waals surface area (Å²) >= 11 is 0. The number of nitrogens with two attached hydrogens (primary N) is 1. The summed E-state index contributed by atoms with van der Waals surface area (Å²) in [5, 5.41) is 6.06. The van der Waals surface area contributed by atoms with Gasteiger partial charge in [-0.2, -0.15) is 0 Å². The molecule has 0 saturated heterocycles. The van der Waals surface area contributed by atoms with Gasteiger partial charge in [0, 0.05) is 18.7 Å². The van der Waals surface area contributed by atoms with Crippen molar-refractivity contribution in [2.24, 2.45) is 5.14 Å². The van der Waals surface area contributed by atoms with E-state index >= 15 is 0 Å². The lowest BCUT2D eigenvalue weighted by atomic mass is 10.2. The quantitative estimate of drug-likeness (QED) is 0.710. The van der Waals surface area contributed by atoms with Crippen LogP contribution < -0.4 is 10.0 Å². The first-order valence-corrected chi connectivity index (χ1v) is 11.0. The van der Waals surface area contributed by atoms with Gasteiger partial charge < -0.3 is 9.32 Å². The van der Waals surface area contributed by atoms with Gasteiger partial charge in [0.15, 0.2) is 9.84 Å². The molecular weight excluding hydrogens is 376 g/mol. The largest absolute Gasteiger partial charge is 0.459 e. The van der Waals surface area contributed by atoms with E-state index in [0.717, 1.165) is 23.3 Å². The van der Waals surface area contributed by atoms with Crippen molar-refractivity contribution < 1.29 is 21.3 Å². The standard InChI is InChI=1S/C17H18N2O5S2/c1-19(11-13-9-12-5-3-4-6-16(12)24-13)15-8-7-14(26(18,22)23)10-17(15)25(2,20)21/h3-10H,11H2,1-2H3,(H2,18,22,23). The second-order valence-corrected chi connectivity index (χ2v) is 9.60. The lowest BCUT2D eigenvalue weighted by Crippen LogP contribution is -2.20. The Morgan fingerprint density at radius 3 is 2.35 bits per heavy atom. The molecule has 0 spiro atoms. The number of primary sulfonamides is 1. The van der Waals surface area contributed by atoms with E-state index in [0.29, 0.717) is 18.0 Å². The molecule has 0 saturated carbocycles. The van der Waals surface area contributed by atoms with E-state index in [1.165, 1.54) is 12.1 Å². The van der Waals surface area contributed by atoms with Crippen LogP contribution >= 0.6 is 0 Å². The summed E-state index contributed by atoms with van der Waals surface area (Å²) in [4.78, 5) is 1.32. The van der Waals surface area contributed by atoms with Crippen LogP contribution in [0.15, 0.2) is 62.7 Å². The molecule has 26 heavy (non-hydrogen) atoms. The summed E-state index contributed by atoms with van der Waals surface area (Å²) in [5.74, 6) is 0.656. The molecule has 0 aliphatic heterocycles. The number of rotatable bonds is 5. The van der Waals surface area contributed by atoms with E-state index in [9.17, 15) is 16.8 Å². The van der Waals surface area contributed by atoms with Crippen LogP contribution in [0.4, 0.5) is 5.69 Å². The fourth-order valence-corrected chi connectivity index (χ4v) is 4.28. The van der Waals surface area contributed by atoms with Crippen molar-refractivity contribution in [2.75, 3.05) is 18.2 Å². The monoisotopic (exact) mass is 394 g/mol. The Morgan fingerprint density at radius 1 is 1.04 bits per heavy atom. The normalized spacial score (nSPS) is 12.4. The lowest BCUT2D eigenvalue weighted by molar-refractivity contribution is 0.545. The van der Waals surface area contributed by atoms with Crippen LogP contribution in [0.25, 0.3) is 11.0 Å². The second-order valence-electron chi connectivity index (χ2n) is 6.05. The van der Waals surface area contributed by atoms with Crippen LogP contribution in [0.1, 0.15) is 5.76 Å². The van der Waals surface area contributed by atoms with Crippen LogP contribution in [0, 0.1) is 0 Å². The number of sulfonamides is 1. The predicted octanol–water partition coefficient (Wildman–Crippen LogP) is 2.12. The third kappa shape index (κ3) is 3.74. The summed E-state index contributed by atoms with van der Waals surface area (Å²) in [5.41, 5.74) is 1.10. The average molecular weight is 394 g/mol. The Bertz CT molecular complexity index is 1150. The molecule has 1 aromatic heterocycles. The van der Waals surface area contributed by atoms with Gasteiger partial charge in [0.1, 0.15) is 11.3 Å². The number of hydrogen-bond donors (Lipinski definition) is 1. The first-order valence-electron chi connectivity index (χ1n) is 7.61. The molecule has 2 aromatic carbocycles. The number of fused-ring (bicyclic) bond motifs is 1. The van der Waals surface area contributed by atoms with Crippen molar-refractivity contribution >= 4 is 36.5 Å². The lowest BCUT2D eigenvalue weighted by Gasteiger charge is -2.21. The molecule has 3 aromatic rings. The van der Waals surface area contributed by atoms with Gasteiger partial charge in [-0.05, 0) is 30.3 Å². The van der Waals surface area contributed by atoms with Gasteiger partial charge in [-0.15, -0.1) is 0 Å². The number of anilines is 1. The minimum absolute atomic E-state index is 0.109. The molecule has 0 fully saturated rings. The van der Waals surface area contributed by atoms with Gasteiger partial charge in [-0.25, -0.2) is 22.0 Å². The molecule has 0 aliphatic carbocycles. The van der Waals surface area contributed by atoms with Crippen molar-refractivity contribution in [2.45, 2.75) is 16.3 Å². The Morgan fingerprint density at radius 2 is 1.73 bits per heavy atom. The molecule has 0 amide bonds. The highest BCUT2D eigenvalue weighted by Crippen LogP contribution is 2.29. The van der Waals surface area contributed by atoms with Gasteiger partial charge in [-0.1, -0.05) is 18.2 Å². The third-order valence-electron chi connectivity index (χ3n) is 3.94. The third-order valence-corrected chi connectivity index (χ3v) is 5.98. The van der Waals surface area contributed by atoms with Crippen molar-refractivity contribution in [1.82, 2.24) is 0 Å². The van der Waals surface area contributed by atoms with E-state index in [-0.39, 0.29) is 9.79 Å². The van der Waals surface area contributed by atoms with E-state index in [1.54, 1.807) is 11.9 Å². The SMILES string of the molecule is CN(Cc1cc2ccccc2o1)c1ccc(S(N)(=O)=O)cc1S(C)(=O)=O. The number of hydrogen-bond acceptors (Lipinski definition) is 6. The maximum Gasteiger partial charge on any atom is 0.238 e. The molecule has 0 aliphatic rings. The molecule has 138 valence electrons. The Hall–Kier alpha value is -2.36. The van der Waals surface area contributed by atoms with Crippen LogP contribution in [0.5, 0.6) is 0 Å². The smallest absolute Gasteiger partial charge is 0.238 e. The van der Waals surface area contributed by atoms with Gasteiger partial charge >= 0.3 is 0 Å². The topological polar surface area (TPSA) is 111 Å². The summed E-state index contributed by atoms with van der Waals surface area (Å²) in [7, 11) is -5.97. The molecule has 9 heteroatoms. The zero-order valence-corrected chi connectivity index (χ0v) is 15.8. The molecule has 3 rings (SSSR count). The minimum Gasteiger partial charge on any atom is -0.459 e. The maximum absolute atomic E-state index is 12.1. The molecule has 0 bridgehead atoms. The Kier molecular flexibility index (Phi) is 4.55. The molecule has 2 N–H and O–H groups in total. The maximum atomic E-state index is 12.1. The highest BCUT2D eigenvalue weighted by molar-refractivity contribution is 7.91. The van der Waals surface area contributed by atoms with Gasteiger partial charge in [0.25, 0.3) is 0 Å². The predicted molar refractivity (Wildman–Crippen MR) is 99.2 cm³/mol. The zero-order valence-electron chi connectivity index (χ0n) is 14.2. The minimum atomic E-state index is -4.01. The van der Waals surface area contributed by atoms with E-state index in [2.05, 4.69) is 0 Å². The average Bonchev–Trinajstić information content (AvgIpc) is 2.94. The van der Waals surface area contributed by atoms with Crippen LogP contribution in [0.2, 0.25) is 0 Å². The van der Waals surface area contributed by atoms with Crippen molar-refractivity contribution in [3.63, 3.8) is 0 Å². The zero-order chi connectivity index (χ0) is 19.1. The second kappa shape index (κ2) is 6.42. The van der Waals surface area contributed by atoms with Gasteiger partial charge in [0.2, 0.25) is 10.0 Å². The van der Waals surface area contributed by atoms with Crippen LogP contribution in [-0.2, 0) is 26.4 Å². The van der Waals surface area contributed by atoms with E-state index in [4.69, 9.17) is 9.56 Å². The number of sulfone groups is 1. The van der Waals surface area contributed by atoms with Crippen LogP contribution in [0.3, 0.4) is 0 Å².